The summed E-state index contributed by atoms with van der Waals surface area (Å²) >= 11 is 0. The number of hydrogen-bond acceptors (Lipinski definition) is 4. The third-order valence-corrected chi connectivity index (χ3v) is 5.18. The molecule has 0 spiro atoms. The predicted octanol–water partition coefficient (Wildman–Crippen LogP) is 3.06. The topological polar surface area (TPSA) is 56.8 Å². The number of nitrogens with zero attached hydrogens (tertiary/aromatic N) is 4. The van der Waals surface area contributed by atoms with E-state index in [1.807, 2.05) is 4.90 Å². The molecule has 0 aliphatic carbocycles. The van der Waals surface area contributed by atoms with E-state index in [2.05, 4.69) is 11.9 Å². The summed E-state index contributed by atoms with van der Waals surface area (Å²) in [5.74, 6) is -0.573. The lowest BCUT2D eigenvalue weighted by atomic mass is 10.1. The van der Waals surface area contributed by atoms with E-state index >= 15 is 0 Å². The molecule has 0 bridgehead atoms. The standard InChI is InChI=1S/C22H27FN4O2/c1-3-4-11-25(2)21(28)17-9-10-24-19(16-17)22(29)27-14-12-26(13-15-27)20-8-6-5-7-18(20)23/h5-10,16H,3-4,11-15H2,1-2H3. The van der Waals surface area contributed by atoms with Gasteiger partial charge < -0.3 is 14.7 Å². The van der Waals surface area contributed by atoms with E-state index in [1.165, 1.54) is 12.3 Å². The summed E-state index contributed by atoms with van der Waals surface area (Å²) in [6.45, 7) is 4.80. The maximum Gasteiger partial charge on any atom is 0.272 e. The minimum atomic E-state index is -0.257. The molecular weight excluding hydrogens is 371 g/mol. The first-order valence-corrected chi connectivity index (χ1v) is 10.0. The maximum atomic E-state index is 14.0. The van der Waals surface area contributed by atoms with E-state index in [9.17, 15) is 14.0 Å². The number of amides is 2. The molecule has 1 aliphatic rings. The van der Waals surface area contributed by atoms with Crippen molar-refractivity contribution >= 4 is 17.5 Å². The highest BCUT2D eigenvalue weighted by molar-refractivity contribution is 5.98. The molecule has 1 aliphatic heterocycles. The van der Waals surface area contributed by atoms with Gasteiger partial charge in [0.2, 0.25) is 0 Å². The van der Waals surface area contributed by atoms with Crippen LogP contribution >= 0.6 is 0 Å². The van der Waals surface area contributed by atoms with Crippen LogP contribution in [0.1, 0.15) is 40.6 Å². The monoisotopic (exact) mass is 398 g/mol. The average Bonchev–Trinajstić information content (AvgIpc) is 2.77. The van der Waals surface area contributed by atoms with Crippen LogP contribution < -0.4 is 4.90 Å². The van der Waals surface area contributed by atoms with E-state index in [0.29, 0.717) is 44.0 Å². The number of carbonyl (C=O) groups is 2. The van der Waals surface area contributed by atoms with Crippen LogP contribution in [0, 0.1) is 5.82 Å². The Morgan fingerprint density at radius 2 is 1.86 bits per heavy atom. The van der Waals surface area contributed by atoms with Crippen LogP contribution in [-0.4, -0.2) is 66.4 Å². The molecule has 0 N–H and O–H groups in total. The summed E-state index contributed by atoms with van der Waals surface area (Å²) in [4.78, 5) is 34.9. The number of aromatic nitrogens is 1. The number of piperazine rings is 1. The van der Waals surface area contributed by atoms with Gasteiger partial charge in [0, 0.05) is 51.5 Å². The minimum Gasteiger partial charge on any atom is -0.366 e. The van der Waals surface area contributed by atoms with Gasteiger partial charge in [-0.15, -0.1) is 0 Å². The summed E-state index contributed by atoms with van der Waals surface area (Å²) in [5.41, 5.74) is 1.28. The van der Waals surface area contributed by atoms with Gasteiger partial charge in [-0.25, -0.2) is 4.39 Å². The quantitative estimate of drug-likeness (QED) is 0.751. The van der Waals surface area contributed by atoms with Gasteiger partial charge in [0.1, 0.15) is 11.5 Å². The van der Waals surface area contributed by atoms with E-state index in [4.69, 9.17) is 0 Å². The number of benzene rings is 1. The summed E-state index contributed by atoms with van der Waals surface area (Å²) < 4.78 is 14.0. The molecule has 1 saturated heterocycles. The van der Waals surface area contributed by atoms with Gasteiger partial charge >= 0.3 is 0 Å². The molecule has 0 unspecified atom stereocenters. The number of hydrogen-bond donors (Lipinski definition) is 0. The van der Waals surface area contributed by atoms with Crippen molar-refractivity contribution in [2.45, 2.75) is 19.8 Å². The van der Waals surface area contributed by atoms with Crippen molar-refractivity contribution in [3.63, 3.8) is 0 Å². The van der Waals surface area contributed by atoms with E-state index in [-0.39, 0.29) is 23.3 Å². The highest BCUT2D eigenvalue weighted by atomic mass is 19.1. The Balaban J connectivity index is 1.64. The fourth-order valence-corrected chi connectivity index (χ4v) is 3.42. The first kappa shape index (κ1) is 20.8. The molecule has 29 heavy (non-hydrogen) atoms. The molecule has 6 nitrogen and oxygen atoms in total. The molecule has 7 heteroatoms. The number of para-hydroxylation sites is 1. The molecule has 3 rings (SSSR count). The van der Waals surface area contributed by atoms with Gasteiger partial charge in [-0.1, -0.05) is 25.5 Å². The number of halogens is 1. The zero-order valence-corrected chi connectivity index (χ0v) is 17.0. The minimum absolute atomic E-state index is 0.112. The van der Waals surface area contributed by atoms with Gasteiger partial charge in [0.05, 0.1) is 5.69 Å². The van der Waals surface area contributed by atoms with Crippen molar-refractivity contribution in [3.05, 3.63) is 59.7 Å². The Hall–Kier alpha value is -2.96. The van der Waals surface area contributed by atoms with Gasteiger partial charge in [-0.2, -0.15) is 0 Å². The highest BCUT2D eigenvalue weighted by Crippen LogP contribution is 2.20. The molecule has 0 saturated carbocycles. The van der Waals surface area contributed by atoms with E-state index in [1.54, 1.807) is 47.2 Å². The lowest BCUT2D eigenvalue weighted by Gasteiger charge is -2.36. The van der Waals surface area contributed by atoms with Crippen LogP contribution in [0.4, 0.5) is 10.1 Å². The zero-order valence-electron chi connectivity index (χ0n) is 17.0. The third-order valence-electron chi connectivity index (χ3n) is 5.18. The molecule has 1 aromatic carbocycles. The van der Waals surface area contributed by atoms with Crippen LogP contribution in [0.3, 0.4) is 0 Å². The lowest BCUT2D eigenvalue weighted by Crippen LogP contribution is -2.49. The first-order chi connectivity index (χ1) is 14.0. The second-order valence-electron chi connectivity index (χ2n) is 7.24. The normalized spacial score (nSPS) is 14.0. The number of unbranched alkanes of at least 4 members (excludes halogenated alkanes) is 1. The van der Waals surface area contributed by atoms with Crippen molar-refractivity contribution in [2.24, 2.45) is 0 Å². The van der Waals surface area contributed by atoms with Gasteiger partial charge in [-0.3, -0.25) is 14.6 Å². The van der Waals surface area contributed by atoms with Crippen molar-refractivity contribution in [1.29, 1.82) is 0 Å². The fourth-order valence-electron chi connectivity index (χ4n) is 3.42. The van der Waals surface area contributed by atoms with Crippen LogP contribution in [0.2, 0.25) is 0 Å². The SMILES string of the molecule is CCCCN(C)C(=O)c1ccnc(C(=O)N2CCN(c3ccccc3F)CC2)c1. The molecule has 2 heterocycles. The summed E-state index contributed by atoms with van der Waals surface area (Å²) in [6.07, 6.45) is 3.45. The Morgan fingerprint density at radius 1 is 1.14 bits per heavy atom. The zero-order chi connectivity index (χ0) is 20.8. The summed E-state index contributed by atoms with van der Waals surface area (Å²) in [7, 11) is 1.77. The summed E-state index contributed by atoms with van der Waals surface area (Å²) in [6, 6.07) is 9.86. The first-order valence-electron chi connectivity index (χ1n) is 10.0. The molecule has 154 valence electrons. The molecule has 0 radical (unpaired) electrons. The second-order valence-corrected chi connectivity index (χ2v) is 7.24. The van der Waals surface area contributed by atoms with Crippen LogP contribution in [0.5, 0.6) is 0 Å². The van der Waals surface area contributed by atoms with Crippen molar-refractivity contribution in [2.75, 3.05) is 44.7 Å². The van der Waals surface area contributed by atoms with Gasteiger partial charge in [0.15, 0.2) is 0 Å². The fraction of sp³-hybridized carbons (Fsp3) is 0.409. The molecule has 2 amide bonds. The Labute approximate surface area is 170 Å². The van der Waals surface area contributed by atoms with Crippen LogP contribution in [0.15, 0.2) is 42.6 Å². The van der Waals surface area contributed by atoms with Crippen molar-refractivity contribution in [3.8, 4) is 0 Å². The third kappa shape index (κ3) is 4.91. The number of anilines is 1. The Bertz CT molecular complexity index is 865. The average molecular weight is 398 g/mol. The van der Waals surface area contributed by atoms with Crippen LogP contribution in [0.25, 0.3) is 0 Å². The van der Waals surface area contributed by atoms with Crippen molar-refractivity contribution < 1.29 is 14.0 Å². The predicted molar refractivity (Wildman–Crippen MR) is 111 cm³/mol. The lowest BCUT2D eigenvalue weighted by molar-refractivity contribution is 0.0740. The Kier molecular flexibility index (Phi) is 6.80. The number of rotatable bonds is 6. The Morgan fingerprint density at radius 3 is 2.55 bits per heavy atom. The molecule has 2 aromatic rings. The maximum absolute atomic E-state index is 14.0. The number of carbonyl (C=O) groups excluding carboxylic acids is 2. The second kappa shape index (κ2) is 9.49. The van der Waals surface area contributed by atoms with Gasteiger partial charge in [0.25, 0.3) is 11.8 Å². The van der Waals surface area contributed by atoms with Gasteiger partial charge in [-0.05, 0) is 30.7 Å². The molecule has 0 atom stereocenters. The molecule has 1 fully saturated rings. The van der Waals surface area contributed by atoms with E-state index in [0.717, 1.165) is 12.8 Å². The molecule has 1 aromatic heterocycles. The number of pyridine rings is 1. The molecular formula is C22H27FN4O2. The summed E-state index contributed by atoms with van der Waals surface area (Å²) in [5, 5.41) is 0. The van der Waals surface area contributed by atoms with Crippen molar-refractivity contribution in [1.82, 2.24) is 14.8 Å². The van der Waals surface area contributed by atoms with E-state index < -0.39 is 0 Å². The largest absolute Gasteiger partial charge is 0.366 e. The highest BCUT2D eigenvalue weighted by Gasteiger charge is 2.25. The van der Waals surface area contributed by atoms with Crippen LogP contribution in [-0.2, 0) is 0 Å². The smallest absolute Gasteiger partial charge is 0.272 e.